The minimum Gasteiger partial charge on any atom is -0.496 e. The van der Waals surface area contributed by atoms with Crippen LogP contribution in [0.25, 0.3) is 0 Å². The van der Waals surface area contributed by atoms with Gasteiger partial charge < -0.3 is 33.2 Å². The first-order valence-corrected chi connectivity index (χ1v) is 10.9. The minimum absolute atomic E-state index is 0.0664. The van der Waals surface area contributed by atoms with Crippen molar-refractivity contribution in [3.8, 4) is 17.2 Å². The number of carbonyl (C=O) groups is 2. The molecule has 1 aromatic heterocycles. The van der Waals surface area contributed by atoms with Crippen LogP contribution in [-0.4, -0.2) is 72.9 Å². The van der Waals surface area contributed by atoms with E-state index in [-0.39, 0.29) is 19.8 Å². The van der Waals surface area contributed by atoms with Crippen molar-refractivity contribution in [2.45, 2.75) is 45.5 Å². The fraction of sp³-hybridized carbons (Fsp3) is 0.478. The third-order valence-electron chi connectivity index (χ3n) is 4.79. The van der Waals surface area contributed by atoms with E-state index in [9.17, 15) is 9.59 Å². The largest absolute Gasteiger partial charge is 0.496 e. The van der Waals surface area contributed by atoms with Crippen LogP contribution in [0, 0.1) is 0 Å². The molecule has 0 spiro atoms. The Hall–Kier alpha value is -3.64. The molecule has 0 N–H and O–H groups in total. The zero-order valence-electron chi connectivity index (χ0n) is 20.0. The Morgan fingerprint density at radius 1 is 1.03 bits per heavy atom. The predicted octanol–water partition coefficient (Wildman–Crippen LogP) is 1.67. The molecular formula is C23H29N3O9. The second-order valence-electron chi connectivity index (χ2n) is 7.49. The summed E-state index contributed by atoms with van der Waals surface area (Å²) in [6, 6.07) is 5.25. The lowest BCUT2D eigenvalue weighted by Crippen LogP contribution is -2.42. The van der Waals surface area contributed by atoms with Gasteiger partial charge in [0.05, 0.1) is 33.6 Å². The summed E-state index contributed by atoms with van der Waals surface area (Å²) in [5.41, 5.74) is 0.631. The maximum atomic E-state index is 11.3. The molecule has 3 atom stereocenters. The number of methoxy groups -OCH3 is 2. The van der Waals surface area contributed by atoms with Gasteiger partial charge in [0, 0.05) is 32.0 Å². The van der Waals surface area contributed by atoms with Crippen LogP contribution in [-0.2, 0) is 41.7 Å². The SMILES string of the molecule is COc1cc(OC)cc(OCc2cn(CCO[C@@H]3C=C[C@H](OC(C)=O)[C@@H](COC(C)=O)O3)nn2)c1. The number of carbonyl (C=O) groups excluding carboxylic acids is 2. The summed E-state index contributed by atoms with van der Waals surface area (Å²) in [7, 11) is 3.14. The number of hydrogen-bond donors (Lipinski definition) is 0. The third-order valence-corrected chi connectivity index (χ3v) is 4.79. The van der Waals surface area contributed by atoms with Gasteiger partial charge in [-0.05, 0) is 12.2 Å². The van der Waals surface area contributed by atoms with E-state index in [0.717, 1.165) is 0 Å². The monoisotopic (exact) mass is 491 g/mol. The van der Waals surface area contributed by atoms with Crippen LogP contribution in [0.15, 0.2) is 36.5 Å². The van der Waals surface area contributed by atoms with Gasteiger partial charge in [0.25, 0.3) is 0 Å². The second kappa shape index (κ2) is 12.7. The molecule has 1 aliphatic heterocycles. The average Bonchev–Trinajstić information content (AvgIpc) is 3.29. The van der Waals surface area contributed by atoms with E-state index < -0.39 is 30.4 Å². The van der Waals surface area contributed by atoms with Gasteiger partial charge >= 0.3 is 11.9 Å². The van der Waals surface area contributed by atoms with Crippen molar-refractivity contribution in [3.63, 3.8) is 0 Å². The van der Waals surface area contributed by atoms with Crippen molar-refractivity contribution >= 4 is 11.9 Å². The molecule has 0 bridgehead atoms. The molecule has 2 heterocycles. The standard InChI is InChI=1S/C23H29N3O9/c1-15(27)32-14-22-21(34-16(2)28)5-6-23(35-22)31-8-7-26-12-17(24-25-26)13-33-20-10-18(29-3)9-19(11-20)30-4/h5-6,9-12,21-23H,7-8,13-14H2,1-4H3/t21-,22+,23-/m0/s1. The molecule has 0 saturated carbocycles. The van der Waals surface area contributed by atoms with Crippen molar-refractivity contribution in [1.29, 1.82) is 0 Å². The smallest absolute Gasteiger partial charge is 0.303 e. The van der Waals surface area contributed by atoms with Gasteiger partial charge in [0.2, 0.25) is 0 Å². The normalized spacial score (nSPS) is 19.1. The molecule has 0 saturated heterocycles. The van der Waals surface area contributed by atoms with Crippen molar-refractivity contribution in [2.75, 3.05) is 27.4 Å². The van der Waals surface area contributed by atoms with Crippen LogP contribution in [0.4, 0.5) is 0 Å². The highest BCUT2D eigenvalue weighted by Gasteiger charge is 2.31. The molecule has 0 unspecified atom stereocenters. The average molecular weight is 491 g/mol. The molecule has 1 aliphatic rings. The molecule has 0 fully saturated rings. The van der Waals surface area contributed by atoms with Crippen molar-refractivity contribution in [2.24, 2.45) is 0 Å². The first kappa shape index (κ1) is 26.0. The highest BCUT2D eigenvalue weighted by Crippen LogP contribution is 2.27. The maximum absolute atomic E-state index is 11.3. The summed E-state index contributed by atoms with van der Waals surface area (Å²) in [5, 5.41) is 8.17. The van der Waals surface area contributed by atoms with Gasteiger partial charge in [0.15, 0.2) is 6.29 Å². The molecule has 0 amide bonds. The summed E-state index contributed by atoms with van der Waals surface area (Å²) < 4.78 is 39.6. The van der Waals surface area contributed by atoms with Crippen LogP contribution in [0.1, 0.15) is 19.5 Å². The Kier molecular flexibility index (Phi) is 9.44. The summed E-state index contributed by atoms with van der Waals surface area (Å²) >= 11 is 0. The van der Waals surface area contributed by atoms with E-state index >= 15 is 0 Å². The quantitative estimate of drug-likeness (QED) is 0.317. The predicted molar refractivity (Wildman–Crippen MR) is 120 cm³/mol. The number of nitrogens with zero attached hydrogens (tertiary/aromatic N) is 3. The minimum atomic E-state index is -0.697. The Morgan fingerprint density at radius 2 is 1.74 bits per heavy atom. The highest BCUT2D eigenvalue weighted by molar-refractivity contribution is 5.66. The molecule has 12 heteroatoms. The Bertz CT molecular complexity index is 1000. The van der Waals surface area contributed by atoms with Crippen LogP contribution in [0.5, 0.6) is 17.2 Å². The summed E-state index contributed by atoms with van der Waals surface area (Å²) in [6.45, 7) is 3.41. The van der Waals surface area contributed by atoms with Gasteiger partial charge in [-0.1, -0.05) is 5.21 Å². The topological polar surface area (TPSA) is 129 Å². The van der Waals surface area contributed by atoms with Gasteiger partial charge in [-0.3, -0.25) is 9.59 Å². The zero-order valence-corrected chi connectivity index (χ0v) is 20.0. The molecule has 3 rings (SSSR count). The lowest BCUT2D eigenvalue weighted by molar-refractivity contribution is -0.197. The summed E-state index contributed by atoms with van der Waals surface area (Å²) in [6.07, 6.45) is 3.00. The van der Waals surface area contributed by atoms with Crippen LogP contribution in [0.3, 0.4) is 0 Å². The first-order valence-electron chi connectivity index (χ1n) is 10.9. The summed E-state index contributed by atoms with van der Waals surface area (Å²) in [4.78, 5) is 22.4. The van der Waals surface area contributed by atoms with E-state index in [0.29, 0.717) is 29.5 Å². The third kappa shape index (κ3) is 8.26. The van der Waals surface area contributed by atoms with Gasteiger partial charge in [0.1, 0.15) is 48.4 Å². The van der Waals surface area contributed by atoms with E-state index in [2.05, 4.69) is 10.3 Å². The van der Waals surface area contributed by atoms with Gasteiger partial charge in [-0.25, -0.2) is 4.68 Å². The van der Waals surface area contributed by atoms with Gasteiger partial charge in [-0.15, -0.1) is 5.10 Å². The zero-order chi connectivity index (χ0) is 25.2. The number of esters is 2. The van der Waals surface area contributed by atoms with E-state index in [1.807, 2.05) is 0 Å². The molecule has 35 heavy (non-hydrogen) atoms. The molecule has 2 aromatic rings. The summed E-state index contributed by atoms with van der Waals surface area (Å²) in [5.74, 6) is 0.892. The maximum Gasteiger partial charge on any atom is 0.303 e. The van der Waals surface area contributed by atoms with Gasteiger partial charge in [-0.2, -0.15) is 0 Å². The van der Waals surface area contributed by atoms with Crippen molar-refractivity contribution < 1.29 is 42.7 Å². The number of ether oxygens (including phenoxy) is 7. The number of rotatable bonds is 12. The van der Waals surface area contributed by atoms with E-state index in [1.54, 1.807) is 55.4 Å². The lowest BCUT2D eigenvalue weighted by atomic mass is 10.1. The molecule has 1 aromatic carbocycles. The number of benzene rings is 1. The molecule has 190 valence electrons. The number of aromatic nitrogens is 3. The fourth-order valence-electron chi connectivity index (χ4n) is 3.15. The van der Waals surface area contributed by atoms with Crippen LogP contribution in [0.2, 0.25) is 0 Å². The first-order chi connectivity index (χ1) is 16.9. The highest BCUT2D eigenvalue weighted by atomic mass is 16.7. The Balaban J connectivity index is 1.47. The van der Waals surface area contributed by atoms with Crippen molar-refractivity contribution in [1.82, 2.24) is 15.0 Å². The molecule has 12 nitrogen and oxygen atoms in total. The van der Waals surface area contributed by atoms with Crippen LogP contribution < -0.4 is 14.2 Å². The molecular weight excluding hydrogens is 462 g/mol. The lowest BCUT2D eigenvalue weighted by Gasteiger charge is -2.31. The fourth-order valence-corrected chi connectivity index (χ4v) is 3.15. The Morgan fingerprint density at radius 3 is 2.40 bits per heavy atom. The van der Waals surface area contributed by atoms with Crippen LogP contribution >= 0.6 is 0 Å². The molecule has 0 aliphatic carbocycles. The van der Waals surface area contributed by atoms with E-state index in [1.165, 1.54) is 13.8 Å². The van der Waals surface area contributed by atoms with E-state index in [4.69, 9.17) is 33.2 Å². The van der Waals surface area contributed by atoms with Crippen molar-refractivity contribution in [3.05, 3.63) is 42.2 Å². The Labute approximate surface area is 202 Å². The molecule has 0 radical (unpaired) electrons. The second-order valence-corrected chi connectivity index (χ2v) is 7.49. The number of hydrogen-bond acceptors (Lipinski definition) is 11.